The fourth-order valence-corrected chi connectivity index (χ4v) is 4.26. The van der Waals surface area contributed by atoms with Crippen LogP contribution in [-0.2, 0) is 25.5 Å². The van der Waals surface area contributed by atoms with E-state index >= 15 is 0 Å². The Morgan fingerprint density at radius 2 is 1.76 bits per heavy atom. The van der Waals surface area contributed by atoms with E-state index in [9.17, 15) is 19.2 Å². The summed E-state index contributed by atoms with van der Waals surface area (Å²) in [5.74, 6) is -0.695. The number of hydrogen-bond acceptors (Lipinski definition) is 7. The number of anilines is 1. The van der Waals surface area contributed by atoms with Gasteiger partial charge in [0.25, 0.3) is 5.91 Å². The lowest BCUT2D eigenvalue weighted by molar-refractivity contribution is -0.138. The Morgan fingerprint density at radius 1 is 1.09 bits per heavy atom. The predicted molar refractivity (Wildman–Crippen MR) is 128 cm³/mol. The number of thiazole rings is 1. The summed E-state index contributed by atoms with van der Waals surface area (Å²) >= 11 is 1.23. The quantitative estimate of drug-likeness (QED) is 0.567. The molecule has 0 unspecified atom stereocenters. The van der Waals surface area contributed by atoms with Gasteiger partial charge < -0.3 is 24.8 Å². The summed E-state index contributed by atoms with van der Waals surface area (Å²) in [5, 5.41) is 4.81. The first-order valence-electron chi connectivity index (χ1n) is 11.0. The molecule has 0 spiro atoms. The lowest BCUT2D eigenvalue weighted by Gasteiger charge is -2.34. The molecule has 1 aliphatic rings. The molecule has 0 bridgehead atoms. The van der Waals surface area contributed by atoms with E-state index in [1.807, 2.05) is 6.07 Å². The summed E-state index contributed by atoms with van der Waals surface area (Å²) < 4.78 is 5.07. The van der Waals surface area contributed by atoms with Crippen LogP contribution in [0.4, 0.5) is 5.13 Å². The van der Waals surface area contributed by atoms with Crippen LogP contribution < -0.4 is 5.32 Å². The van der Waals surface area contributed by atoms with Gasteiger partial charge in [0, 0.05) is 57.7 Å². The molecule has 1 fully saturated rings. The van der Waals surface area contributed by atoms with Crippen molar-refractivity contribution in [2.24, 2.45) is 0 Å². The molecule has 1 aromatic carbocycles. The number of benzene rings is 1. The second-order valence-corrected chi connectivity index (χ2v) is 8.70. The normalized spacial score (nSPS) is 13.5. The number of nitrogens with one attached hydrogen (secondary N) is 1. The molecule has 10 nitrogen and oxygen atoms in total. The number of carbonyl (C=O) groups is 4. The average molecular weight is 488 g/mol. The molecular formula is C23H29N5O5S. The number of carbonyl (C=O) groups excluding carboxylic acids is 4. The standard InChI is InChI=1S/C23H29N5O5S/c1-17(29)26-8-10-27(11-9-26)21(31)14-19-16-34-23(24-19)25-20(30)15-28(12-13-33-2)22(32)18-6-4-3-5-7-18/h3-7,16H,8-15H2,1-2H3,(H,24,25,30). The first-order valence-corrected chi connectivity index (χ1v) is 11.9. The summed E-state index contributed by atoms with van der Waals surface area (Å²) in [6, 6.07) is 8.75. The van der Waals surface area contributed by atoms with Crippen molar-refractivity contribution in [2.75, 3.05) is 58.3 Å². The molecule has 1 saturated heterocycles. The van der Waals surface area contributed by atoms with Gasteiger partial charge in [0.15, 0.2) is 5.13 Å². The van der Waals surface area contributed by atoms with Crippen LogP contribution in [0.5, 0.6) is 0 Å². The highest BCUT2D eigenvalue weighted by molar-refractivity contribution is 7.13. The van der Waals surface area contributed by atoms with Crippen molar-refractivity contribution in [3.8, 4) is 0 Å². The van der Waals surface area contributed by atoms with Crippen LogP contribution in [0.15, 0.2) is 35.7 Å². The average Bonchev–Trinajstić information content (AvgIpc) is 3.28. The lowest BCUT2D eigenvalue weighted by atomic mass is 10.2. The van der Waals surface area contributed by atoms with Crippen LogP contribution in [0.1, 0.15) is 23.0 Å². The molecule has 3 rings (SSSR count). The lowest BCUT2D eigenvalue weighted by Crippen LogP contribution is -2.50. The highest BCUT2D eigenvalue weighted by Crippen LogP contribution is 2.17. The number of methoxy groups -OCH3 is 1. The minimum atomic E-state index is -0.382. The maximum Gasteiger partial charge on any atom is 0.254 e. The van der Waals surface area contributed by atoms with Gasteiger partial charge in [0.2, 0.25) is 17.7 Å². The maximum absolute atomic E-state index is 12.8. The molecule has 0 aliphatic carbocycles. The second kappa shape index (κ2) is 12.2. The molecule has 4 amide bonds. The van der Waals surface area contributed by atoms with E-state index in [0.717, 1.165) is 0 Å². The van der Waals surface area contributed by atoms with Gasteiger partial charge >= 0.3 is 0 Å². The number of piperazine rings is 1. The molecule has 0 saturated carbocycles. The number of ether oxygens (including phenoxy) is 1. The van der Waals surface area contributed by atoms with Gasteiger partial charge in [-0.25, -0.2) is 4.98 Å². The molecule has 0 atom stereocenters. The van der Waals surface area contributed by atoms with E-state index in [4.69, 9.17) is 4.74 Å². The van der Waals surface area contributed by atoms with Crippen molar-refractivity contribution >= 4 is 40.1 Å². The molecule has 1 N–H and O–H groups in total. The Hall–Kier alpha value is -3.31. The summed E-state index contributed by atoms with van der Waals surface area (Å²) in [4.78, 5) is 58.6. The van der Waals surface area contributed by atoms with Crippen molar-refractivity contribution in [2.45, 2.75) is 13.3 Å². The maximum atomic E-state index is 12.8. The van der Waals surface area contributed by atoms with E-state index in [-0.39, 0.29) is 43.1 Å². The van der Waals surface area contributed by atoms with Crippen molar-refractivity contribution in [3.63, 3.8) is 0 Å². The van der Waals surface area contributed by atoms with Gasteiger partial charge in [-0.05, 0) is 12.1 Å². The van der Waals surface area contributed by atoms with Crippen LogP contribution in [0.2, 0.25) is 0 Å². The number of nitrogens with zero attached hydrogens (tertiary/aromatic N) is 4. The zero-order valence-electron chi connectivity index (χ0n) is 19.4. The topological polar surface area (TPSA) is 112 Å². The first kappa shape index (κ1) is 25.3. The van der Waals surface area contributed by atoms with Crippen molar-refractivity contribution in [1.29, 1.82) is 0 Å². The monoisotopic (exact) mass is 487 g/mol. The third-order valence-electron chi connectivity index (χ3n) is 5.42. The van der Waals surface area contributed by atoms with Gasteiger partial charge in [-0.3, -0.25) is 19.2 Å². The fourth-order valence-electron chi connectivity index (χ4n) is 3.53. The second-order valence-electron chi connectivity index (χ2n) is 7.84. The van der Waals surface area contributed by atoms with Gasteiger partial charge in [-0.1, -0.05) is 18.2 Å². The summed E-state index contributed by atoms with van der Waals surface area (Å²) in [7, 11) is 1.53. The number of hydrogen-bond donors (Lipinski definition) is 1. The van der Waals surface area contributed by atoms with E-state index in [0.29, 0.717) is 49.2 Å². The number of rotatable bonds is 9. The minimum Gasteiger partial charge on any atom is -0.383 e. The van der Waals surface area contributed by atoms with Gasteiger partial charge in [-0.2, -0.15) is 0 Å². The van der Waals surface area contributed by atoms with Crippen molar-refractivity contribution < 1.29 is 23.9 Å². The van der Waals surface area contributed by atoms with Crippen LogP contribution >= 0.6 is 11.3 Å². The molecule has 34 heavy (non-hydrogen) atoms. The van der Waals surface area contributed by atoms with Gasteiger partial charge in [0.05, 0.1) is 18.7 Å². The Bertz CT molecular complexity index is 1000. The SMILES string of the molecule is COCCN(CC(=O)Nc1nc(CC(=O)N2CCN(C(C)=O)CC2)cs1)C(=O)c1ccccc1. The first-order chi connectivity index (χ1) is 16.4. The number of aromatic nitrogens is 1. The van der Waals surface area contributed by atoms with E-state index < -0.39 is 0 Å². The summed E-state index contributed by atoms with van der Waals surface area (Å²) in [6.45, 7) is 4.00. The molecule has 2 heterocycles. The summed E-state index contributed by atoms with van der Waals surface area (Å²) in [6.07, 6.45) is 0.124. The zero-order valence-corrected chi connectivity index (χ0v) is 20.2. The smallest absolute Gasteiger partial charge is 0.254 e. The van der Waals surface area contributed by atoms with Crippen LogP contribution in [0, 0.1) is 0 Å². The number of amides is 4. The van der Waals surface area contributed by atoms with Crippen LogP contribution in [0.3, 0.4) is 0 Å². The molecule has 1 aromatic heterocycles. The van der Waals surface area contributed by atoms with Crippen LogP contribution in [-0.4, -0.2) is 96.3 Å². The Labute approximate surface area is 202 Å². The molecule has 11 heteroatoms. The van der Waals surface area contributed by atoms with E-state index in [1.54, 1.807) is 39.4 Å². The molecule has 2 aromatic rings. The third-order valence-corrected chi connectivity index (χ3v) is 6.22. The molecule has 1 aliphatic heterocycles. The minimum absolute atomic E-state index is 0.0123. The Kier molecular flexibility index (Phi) is 9.11. The molecule has 0 radical (unpaired) electrons. The van der Waals surface area contributed by atoms with E-state index in [2.05, 4.69) is 10.3 Å². The zero-order chi connectivity index (χ0) is 24.5. The van der Waals surface area contributed by atoms with Crippen LogP contribution in [0.25, 0.3) is 0 Å². The Balaban J connectivity index is 1.53. The van der Waals surface area contributed by atoms with Gasteiger partial charge in [-0.15, -0.1) is 11.3 Å². The summed E-state index contributed by atoms with van der Waals surface area (Å²) in [5.41, 5.74) is 1.06. The van der Waals surface area contributed by atoms with Gasteiger partial charge in [0.1, 0.15) is 6.54 Å². The molecule has 182 valence electrons. The van der Waals surface area contributed by atoms with Crippen molar-refractivity contribution in [3.05, 3.63) is 47.0 Å². The van der Waals surface area contributed by atoms with E-state index in [1.165, 1.54) is 30.3 Å². The Morgan fingerprint density at radius 3 is 2.41 bits per heavy atom. The predicted octanol–water partition coefficient (Wildman–Crippen LogP) is 1.10. The largest absolute Gasteiger partial charge is 0.383 e. The van der Waals surface area contributed by atoms with Crippen molar-refractivity contribution in [1.82, 2.24) is 19.7 Å². The molecular weight excluding hydrogens is 458 g/mol. The highest BCUT2D eigenvalue weighted by Gasteiger charge is 2.23. The third kappa shape index (κ3) is 7.09. The highest BCUT2D eigenvalue weighted by atomic mass is 32.1. The fraction of sp³-hybridized carbons (Fsp3) is 0.435.